The smallest absolute Gasteiger partial charge is 0.242 e. The first kappa shape index (κ1) is 24.1. The molecule has 1 rings (SSSR count). The van der Waals surface area contributed by atoms with Crippen LogP contribution in [0, 0.1) is 5.92 Å². The van der Waals surface area contributed by atoms with Gasteiger partial charge in [0.25, 0.3) is 0 Å². The zero-order chi connectivity index (χ0) is 20.6. The van der Waals surface area contributed by atoms with Crippen LogP contribution in [0.2, 0.25) is 0 Å². The molecule has 2 unspecified atom stereocenters. The molecule has 0 aromatic carbocycles. The van der Waals surface area contributed by atoms with Crippen LogP contribution in [0.3, 0.4) is 0 Å². The van der Waals surface area contributed by atoms with Crippen LogP contribution >= 0.6 is 21.0 Å². The number of thioether (sulfide) groups is 1. The van der Waals surface area contributed by atoms with Gasteiger partial charge in [-0.2, -0.15) is 0 Å². The standard InChI is InChI=1S/C18H31N2O5PS/c1-12(2)13(21)10-27-14-9-16(23)20(17(14)24)8-5-15(22)19-7-6-18(3,4)25-11-26/h12,14H,5-11,26H2,1-4H3,(H,19,22). The van der Waals surface area contributed by atoms with Gasteiger partial charge in [-0.25, -0.2) is 0 Å². The number of hydrogen-bond donors (Lipinski definition) is 1. The number of imide groups is 1. The number of Topliss-reactive ketones (excluding diaryl/α,β-unsaturated/α-hetero) is 1. The van der Waals surface area contributed by atoms with Crippen molar-refractivity contribution in [3.8, 4) is 0 Å². The van der Waals surface area contributed by atoms with E-state index < -0.39 is 5.25 Å². The molecule has 0 aliphatic carbocycles. The monoisotopic (exact) mass is 418 g/mol. The number of ketones is 1. The van der Waals surface area contributed by atoms with Crippen LogP contribution in [0.1, 0.15) is 47.0 Å². The molecule has 27 heavy (non-hydrogen) atoms. The minimum Gasteiger partial charge on any atom is -0.372 e. The van der Waals surface area contributed by atoms with Gasteiger partial charge < -0.3 is 10.1 Å². The third kappa shape index (κ3) is 8.28. The van der Waals surface area contributed by atoms with Gasteiger partial charge in [0.15, 0.2) is 0 Å². The van der Waals surface area contributed by atoms with E-state index in [9.17, 15) is 19.2 Å². The molecule has 1 aliphatic rings. The minimum absolute atomic E-state index is 0.0617. The number of nitrogens with one attached hydrogen (secondary N) is 1. The Morgan fingerprint density at radius 2 is 2.04 bits per heavy atom. The molecule has 7 nitrogen and oxygen atoms in total. The first-order chi connectivity index (χ1) is 12.6. The molecule has 1 heterocycles. The number of carbonyl (C=O) groups excluding carboxylic acids is 4. The normalized spacial score (nSPS) is 17.7. The van der Waals surface area contributed by atoms with Crippen molar-refractivity contribution in [2.75, 3.05) is 25.2 Å². The molecule has 0 saturated carbocycles. The summed E-state index contributed by atoms with van der Waals surface area (Å²) < 4.78 is 5.53. The maximum absolute atomic E-state index is 12.4. The van der Waals surface area contributed by atoms with Crippen LogP contribution in [-0.4, -0.2) is 64.4 Å². The van der Waals surface area contributed by atoms with E-state index in [0.29, 0.717) is 19.3 Å². The molecular weight excluding hydrogens is 387 g/mol. The maximum Gasteiger partial charge on any atom is 0.242 e. The van der Waals surface area contributed by atoms with Gasteiger partial charge in [-0.3, -0.25) is 24.1 Å². The fraction of sp³-hybridized carbons (Fsp3) is 0.778. The summed E-state index contributed by atoms with van der Waals surface area (Å²) in [5.41, 5.74) is -0.326. The summed E-state index contributed by atoms with van der Waals surface area (Å²) in [6, 6.07) is 0. The molecule has 1 fully saturated rings. The Balaban J connectivity index is 2.37. The number of rotatable bonds is 12. The van der Waals surface area contributed by atoms with Crippen molar-refractivity contribution >= 4 is 44.5 Å². The summed E-state index contributed by atoms with van der Waals surface area (Å²) >= 11 is 1.21. The first-order valence-electron chi connectivity index (χ1n) is 9.16. The van der Waals surface area contributed by atoms with Crippen molar-refractivity contribution in [3.05, 3.63) is 0 Å². The number of ether oxygens (including phenoxy) is 1. The predicted octanol–water partition coefficient (Wildman–Crippen LogP) is 1.60. The summed E-state index contributed by atoms with van der Waals surface area (Å²) in [5.74, 6) is -0.586. The second-order valence-electron chi connectivity index (χ2n) is 7.43. The van der Waals surface area contributed by atoms with Gasteiger partial charge in [0.2, 0.25) is 17.7 Å². The molecule has 0 spiro atoms. The topological polar surface area (TPSA) is 92.8 Å². The molecule has 0 aromatic heterocycles. The zero-order valence-corrected chi connectivity index (χ0v) is 18.5. The molecule has 2 atom stereocenters. The largest absolute Gasteiger partial charge is 0.372 e. The summed E-state index contributed by atoms with van der Waals surface area (Å²) in [4.78, 5) is 49.2. The van der Waals surface area contributed by atoms with Crippen LogP contribution in [0.4, 0.5) is 0 Å². The zero-order valence-electron chi connectivity index (χ0n) is 16.6. The third-order valence-electron chi connectivity index (χ3n) is 4.36. The molecule has 3 amide bonds. The molecule has 1 saturated heterocycles. The molecule has 1 aliphatic heterocycles. The number of nitrogens with zero attached hydrogens (tertiary/aromatic N) is 1. The Hall–Kier alpha value is -0.980. The Bertz CT molecular complexity index is 568. The molecule has 0 bridgehead atoms. The van der Waals surface area contributed by atoms with Crippen molar-refractivity contribution in [3.63, 3.8) is 0 Å². The number of hydrogen-bond acceptors (Lipinski definition) is 6. The molecular formula is C18H31N2O5PS. The molecule has 0 aromatic rings. The van der Waals surface area contributed by atoms with Crippen molar-refractivity contribution < 1.29 is 23.9 Å². The van der Waals surface area contributed by atoms with Crippen LogP contribution in [0.15, 0.2) is 0 Å². The van der Waals surface area contributed by atoms with E-state index >= 15 is 0 Å². The van der Waals surface area contributed by atoms with E-state index in [-0.39, 0.29) is 60.2 Å². The minimum atomic E-state index is -0.520. The highest BCUT2D eigenvalue weighted by molar-refractivity contribution is 8.01. The summed E-state index contributed by atoms with van der Waals surface area (Å²) in [6.07, 6.45) is 1.36. The summed E-state index contributed by atoms with van der Waals surface area (Å²) in [6.45, 7) is 8.06. The lowest BCUT2D eigenvalue weighted by molar-refractivity contribution is -0.138. The molecule has 154 valence electrons. The highest BCUT2D eigenvalue weighted by Gasteiger charge is 2.39. The van der Waals surface area contributed by atoms with E-state index in [1.807, 2.05) is 27.7 Å². The van der Waals surface area contributed by atoms with Crippen LogP contribution in [0.5, 0.6) is 0 Å². The predicted molar refractivity (Wildman–Crippen MR) is 109 cm³/mol. The van der Waals surface area contributed by atoms with Crippen molar-refractivity contribution in [2.45, 2.75) is 57.8 Å². The fourth-order valence-corrected chi connectivity index (χ4v) is 4.15. The molecule has 9 heteroatoms. The van der Waals surface area contributed by atoms with Gasteiger partial charge in [0.1, 0.15) is 5.78 Å². The summed E-state index contributed by atoms with van der Waals surface area (Å²) in [5, 5.41) is 2.27. The Labute approximate surface area is 167 Å². The van der Waals surface area contributed by atoms with Gasteiger partial charge in [0, 0.05) is 31.8 Å². The van der Waals surface area contributed by atoms with Crippen LogP contribution in [0.25, 0.3) is 0 Å². The average Bonchev–Trinajstić information content (AvgIpc) is 2.84. The van der Waals surface area contributed by atoms with E-state index in [4.69, 9.17) is 4.74 Å². The first-order valence-corrected chi connectivity index (χ1v) is 11.0. The maximum atomic E-state index is 12.4. The molecule has 1 N–H and O–H groups in total. The summed E-state index contributed by atoms with van der Waals surface area (Å²) in [7, 11) is 2.50. The lowest BCUT2D eigenvalue weighted by Crippen LogP contribution is -2.37. The van der Waals surface area contributed by atoms with Gasteiger partial charge in [0.05, 0.1) is 23.0 Å². The Morgan fingerprint density at radius 1 is 1.37 bits per heavy atom. The van der Waals surface area contributed by atoms with E-state index in [2.05, 4.69) is 14.6 Å². The number of carbonyl (C=O) groups is 4. The van der Waals surface area contributed by atoms with Crippen LogP contribution in [-0.2, 0) is 23.9 Å². The SMILES string of the molecule is CC(C)C(=O)CSC1CC(=O)N(CCC(=O)NCCC(C)(C)OCP)C1=O. The van der Waals surface area contributed by atoms with E-state index in [1.54, 1.807) is 0 Å². The quantitative estimate of drug-likeness (QED) is 0.382. The van der Waals surface area contributed by atoms with Crippen molar-refractivity contribution in [1.82, 2.24) is 10.2 Å². The Kier molecular flexibility index (Phi) is 9.91. The Morgan fingerprint density at radius 3 is 2.63 bits per heavy atom. The van der Waals surface area contributed by atoms with Gasteiger partial charge in [-0.15, -0.1) is 21.0 Å². The van der Waals surface area contributed by atoms with Gasteiger partial charge in [-0.05, 0) is 20.3 Å². The third-order valence-corrected chi connectivity index (χ3v) is 5.75. The second kappa shape index (κ2) is 11.1. The van der Waals surface area contributed by atoms with Crippen molar-refractivity contribution in [1.29, 1.82) is 0 Å². The van der Waals surface area contributed by atoms with Crippen molar-refractivity contribution in [2.24, 2.45) is 5.92 Å². The highest BCUT2D eigenvalue weighted by Crippen LogP contribution is 2.26. The number of amides is 3. The lowest BCUT2D eigenvalue weighted by atomic mass is 10.1. The van der Waals surface area contributed by atoms with Gasteiger partial charge >= 0.3 is 0 Å². The van der Waals surface area contributed by atoms with E-state index in [1.165, 1.54) is 11.8 Å². The molecule has 0 radical (unpaired) electrons. The van der Waals surface area contributed by atoms with Gasteiger partial charge in [-0.1, -0.05) is 13.8 Å². The number of likely N-dealkylation sites (tertiary alicyclic amines) is 1. The van der Waals surface area contributed by atoms with E-state index in [0.717, 1.165) is 4.90 Å². The average molecular weight is 418 g/mol. The van der Waals surface area contributed by atoms with Crippen LogP contribution < -0.4 is 5.32 Å². The second-order valence-corrected chi connectivity index (χ2v) is 8.95. The lowest BCUT2D eigenvalue weighted by Gasteiger charge is -2.24. The fourth-order valence-electron chi connectivity index (χ4n) is 2.47. The highest BCUT2D eigenvalue weighted by atomic mass is 32.2.